The minimum atomic E-state index is -0.528. The molecular weight excluding hydrogens is 465 g/mol. The Labute approximate surface area is 208 Å². The van der Waals surface area contributed by atoms with E-state index in [9.17, 15) is 14.0 Å². The lowest BCUT2D eigenvalue weighted by Crippen LogP contribution is -2.50. The lowest BCUT2D eigenvalue weighted by atomic mass is 10.1. The van der Waals surface area contributed by atoms with Gasteiger partial charge < -0.3 is 24.3 Å². The first kappa shape index (κ1) is 23.8. The summed E-state index contributed by atoms with van der Waals surface area (Å²) in [6.45, 7) is 10.3. The molecule has 0 bridgehead atoms. The Balaban J connectivity index is 1.28. The largest absolute Gasteiger partial charge is 0.444 e. The number of halogens is 1. The van der Waals surface area contributed by atoms with Gasteiger partial charge in [0.05, 0.1) is 11.4 Å². The van der Waals surface area contributed by atoms with Crippen molar-refractivity contribution >= 4 is 35.0 Å². The Morgan fingerprint density at radius 2 is 1.86 bits per heavy atom. The zero-order valence-corrected chi connectivity index (χ0v) is 20.9. The van der Waals surface area contributed by atoms with Crippen LogP contribution in [-0.2, 0) is 11.2 Å². The molecule has 10 nitrogen and oxygen atoms in total. The molecule has 1 saturated heterocycles. The van der Waals surface area contributed by atoms with Crippen molar-refractivity contribution in [3.05, 3.63) is 47.8 Å². The van der Waals surface area contributed by atoms with Crippen molar-refractivity contribution in [3.8, 4) is 0 Å². The van der Waals surface area contributed by atoms with Gasteiger partial charge >= 0.3 is 12.1 Å². The Bertz CT molecular complexity index is 1330. The van der Waals surface area contributed by atoms with E-state index in [1.54, 1.807) is 39.7 Å². The summed E-state index contributed by atoms with van der Waals surface area (Å²) in [6.07, 6.45) is 5.40. The van der Waals surface area contributed by atoms with E-state index in [0.29, 0.717) is 56.3 Å². The number of urea groups is 1. The van der Waals surface area contributed by atoms with Gasteiger partial charge in [-0.05, 0) is 40.2 Å². The number of ether oxygens (including phenoxy) is 1. The minimum Gasteiger partial charge on any atom is -0.444 e. The Morgan fingerprint density at radius 1 is 1.11 bits per heavy atom. The normalized spacial score (nSPS) is 15.9. The number of pyridine rings is 2. The summed E-state index contributed by atoms with van der Waals surface area (Å²) in [5.74, 6) is 0.0910. The zero-order chi connectivity index (χ0) is 25.6. The highest BCUT2D eigenvalue weighted by atomic mass is 19.1. The number of hydrogen-bond acceptors (Lipinski definition) is 6. The molecule has 190 valence electrons. The number of fused-ring (bicyclic) bond motifs is 2. The molecule has 0 unspecified atom stereocenters. The van der Waals surface area contributed by atoms with Gasteiger partial charge in [-0.3, -0.25) is 4.90 Å². The van der Waals surface area contributed by atoms with Gasteiger partial charge in [-0.2, -0.15) is 0 Å². The van der Waals surface area contributed by atoms with E-state index in [4.69, 9.17) is 4.74 Å². The second-order valence-corrected chi connectivity index (χ2v) is 10.1. The number of anilines is 3. The fourth-order valence-corrected chi connectivity index (χ4v) is 4.66. The molecule has 5 rings (SSSR count). The molecule has 1 N–H and O–H groups in total. The molecule has 1 fully saturated rings. The van der Waals surface area contributed by atoms with Crippen LogP contribution < -0.4 is 15.1 Å². The maximum atomic E-state index is 14.4. The van der Waals surface area contributed by atoms with E-state index in [0.717, 1.165) is 11.3 Å². The van der Waals surface area contributed by atoms with Crippen molar-refractivity contribution in [1.29, 1.82) is 0 Å². The van der Waals surface area contributed by atoms with Gasteiger partial charge in [0, 0.05) is 68.6 Å². The van der Waals surface area contributed by atoms with Crippen molar-refractivity contribution in [2.45, 2.75) is 39.7 Å². The molecule has 3 aromatic heterocycles. The SMILES string of the molecule is Cc1cn2cc(NC(=O)N3CCc4c(N5CCN(C(=O)OC(C)(C)C)CC5)ccnc43)cc(F)c2n1. The highest BCUT2D eigenvalue weighted by Crippen LogP contribution is 2.34. The number of aromatic nitrogens is 3. The number of carbonyl (C=O) groups is 2. The number of imidazole rings is 1. The van der Waals surface area contributed by atoms with Gasteiger partial charge in [0.2, 0.25) is 0 Å². The molecule has 0 radical (unpaired) electrons. The minimum absolute atomic E-state index is 0.218. The number of rotatable bonds is 2. The third-order valence-electron chi connectivity index (χ3n) is 6.24. The first-order chi connectivity index (χ1) is 17.1. The smallest absolute Gasteiger partial charge is 0.410 e. The second-order valence-electron chi connectivity index (χ2n) is 10.1. The average molecular weight is 496 g/mol. The summed E-state index contributed by atoms with van der Waals surface area (Å²) in [7, 11) is 0. The van der Waals surface area contributed by atoms with Gasteiger partial charge in [-0.15, -0.1) is 0 Å². The third-order valence-corrected chi connectivity index (χ3v) is 6.24. The lowest BCUT2D eigenvalue weighted by molar-refractivity contribution is 0.0240. The topological polar surface area (TPSA) is 95.3 Å². The van der Waals surface area contributed by atoms with Crippen molar-refractivity contribution in [2.24, 2.45) is 0 Å². The number of carbonyl (C=O) groups excluding carboxylic acids is 2. The van der Waals surface area contributed by atoms with E-state index in [2.05, 4.69) is 20.2 Å². The first-order valence-electron chi connectivity index (χ1n) is 12.0. The summed E-state index contributed by atoms with van der Waals surface area (Å²) in [5, 5.41) is 2.79. The van der Waals surface area contributed by atoms with Gasteiger partial charge in [-0.1, -0.05) is 0 Å². The van der Waals surface area contributed by atoms with Crippen LogP contribution in [0.2, 0.25) is 0 Å². The van der Waals surface area contributed by atoms with Crippen LogP contribution in [0.1, 0.15) is 32.0 Å². The standard InChI is InChI=1S/C25H30FN7O3/c1-16-14-32-15-17(13-19(26)22(32)28-16)29-23(34)33-8-6-18-20(5-7-27-21(18)33)30-9-11-31(12-10-30)24(35)36-25(2,3)4/h5,7,13-15H,6,8-12H2,1-4H3,(H,29,34). The van der Waals surface area contributed by atoms with E-state index in [1.165, 1.54) is 6.07 Å². The zero-order valence-electron chi connectivity index (χ0n) is 20.9. The summed E-state index contributed by atoms with van der Waals surface area (Å²) in [5.41, 5.74) is 2.72. The molecule has 0 aromatic carbocycles. The van der Waals surface area contributed by atoms with Crippen molar-refractivity contribution in [2.75, 3.05) is 47.8 Å². The van der Waals surface area contributed by atoms with Crippen molar-refractivity contribution < 1.29 is 18.7 Å². The number of aryl methyl sites for hydroxylation is 1. The van der Waals surface area contributed by atoms with E-state index >= 15 is 0 Å². The highest BCUT2D eigenvalue weighted by molar-refractivity contribution is 6.03. The summed E-state index contributed by atoms with van der Waals surface area (Å²) < 4.78 is 21.5. The summed E-state index contributed by atoms with van der Waals surface area (Å²) in [6, 6.07) is 2.85. The van der Waals surface area contributed by atoms with Gasteiger partial charge in [0.1, 0.15) is 11.4 Å². The fourth-order valence-electron chi connectivity index (χ4n) is 4.66. The molecule has 0 spiro atoms. The van der Waals surface area contributed by atoms with Crippen molar-refractivity contribution in [3.63, 3.8) is 0 Å². The molecule has 2 aliphatic rings. The Morgan fingerprint density at radius 3 is 2.58 bits per heavy atom. The van der Waals surface area contributed by atoms with Crippen LogP contribution in [0, 0.1) is 12.7 Å². The third kappa shape index (κ3) is 4.65. The number of nitrogens with one attached hydrogen (secondary N) is 1. The van der Waals surface area contributed by atoms with Gasteiger partial charge in [0.25, 0.3) is 0 Å². The fraction of sp³-hybridized carbons (Fsp3) is 0.440. The number of piperazine rings is 1. The van der Waals surface area contributed by atoms with Gasteiger partial charge in [-0.25, -0.2) is 23.9 Å². The van der Waals surface area contributed by atoms with Crippen LogP contribution in [0.3, 0.4) is 0 Å². The Hall–Kier alpha value is -3.89. The van der Waals surface area contributed by atoms with Crippen molar-refractivity contribution in [1.82, 2.24) is 19.3 Å². The van der Waals surface area contributed by atoms with Crippen LogP contribution in [-0.4, -0.2) is 69.7 Å². The number of nitrogens with zero attached hydrogens (tertiary/aromatic N) is 6. The molecule has 3 amide bonds. The van der Waals surface area contributed by atoms with E-state index < -0.39 is 11.4 Å². The van der Waals surface area contributed by atoms with Crippen LogP contribution in [0.4, 0.5) is 31.2 Å². The molecule has 5 heterocycles. The lowest BCUT2D eigenvalue weighted by Gasteiger charge is -2.37. The summed E-state index contributed by atoms with van der Waals surface area (Å²) in [4.78, 5) is 39.7. The maximum Gasteiger partial charge on any atom is 0.410 e. The quantitative estimate of drug-likeness (QED) is 0.581. The van der Waals surface area contributed by atoms with Gasteiger partial charge in [0.15, 0.2) is 11.5 Å². The molecule has 2 aliphatic heterocycles. The van der Waals surface area contributed by atoms with E-state index in [-0.39, 0.29) is 17.8 Å². The molecule has 0 saturated carbocycles. The summed E-state index contributed by atoms with van der Waals surface area (Å²) >= 11 is 0. The second kappa shape index (κ2) is 8.96. The number of hydrogen-bond donors (Lipinski definition) is 1. The molecule has 0 atom stereocenters. The van der Waals surface area contributed by atoms with E-state index in [1.807, 2.05) is 26.8 Å². The maximum absolute atomic E-state index is 14.4. The monoisotopic (exact) mass is 495 g/mol. The first-order valence-corrected chi connectivity index (χ1v) is 12.0. The predicted octanol–water partition coefficient (Wildman–Crippen LogP) is 3.83. The van der Waals surface area contributed by atoms with Crippen LogP contribution in [0.25, 0.3) is 5.65 Å². The average Bonchev–Trinajstić information content (AvgIpc) is 3.41. The Kier molecular flexibility index (Phi) is 5.93. The molecule has 36 heavy (non-hydrogen) atoms. The predicted molar refractivity (Wildman–Crippen MR) is 134 cm³/mol. The van der Waals surface area contributed by atoms with Crippen LogP contribution >= 0.6 is 0 Å². The van der Waals surface area contributed by atoms with Crippen LogP contribution in [0.15, 0.2) is 30.7 Å². The van der Waals surface area contributed by atoms with Crippen LogP contribution in [0.5, 0.6) is 0 Å². The molecule has 3 aromatic rings. The molecule has 0 aliphatic carbocycles. The highest BCUT2D eigenvalue weighted by Gasteiger charge is 2.32. The number of amides is 3. The molecular formula is C25H30FN7O3. The molecule has 11 heteroatoms.